The summed E-state index contributed by atoms with van der Waals surface area (Å²) in [6.45, 7) is 7.58. The topological polar surface area (TPSA) is 38.5 Å². The normalized spacial score (nSPS) is 20.5. The van der Waals surface area contributed by atoms with Gasteiger partial charge in [0.15, 0.2) is 0 Å². The number of epoxide rings is 1. The van der Waals surface area contributed by atoms with E-state index in [1.54, 1.807) is 0 Å². The summed E-state index contributed by atoms with van der Waals surface area (Å²) in [7, 11) is 0. The van der Waals surface area contributed by atoms with Crippen LogP contribution < -0.4 is 5.73 Å². The molecule has 2 N–H and O–H groups in total. The largest absolute Gasteiger partial charge is 0.373 e. The fourth-order valence-corrected chi connectivity index (χ4v) is 2.84. The monoisotopic (exact) mass is 269 g/mol. The molecule has 19 heavy (non-hydrogen) atoms. The summed E-state index contributed by atoms with van der Waals surface area (Å²) in [6, 6.07) is 0. The highest BCUT2D eigenvalue weighted by Gasteiger charge is 2.32. The third-order valence-corrected chi connectivity index (χ3v) is 4.41. The van der Waals surface area contributed by atoms with Crippen LogP contribution in [-0.4, -0.2) is 18.2 Å². The van der Waals surface area contributed by atoms with Gasteiger partial charge < -0.3 is 10.5 Å². The van der Waals surface area contributed by atoms with E-state index in [1.165, 1.54) is 64.2 Å². The van der Waals surface area contributed by atoms with Crippen molar-refractivity contribution in [1.29, 1.82) is 0 Å². The van der Waals surface area contributed by atoms with Crippen molar-refractivity contribution in [2.45, 2.75) is 96.6 Å². The first-order valence-electron chi connectivity index (χ1n) is 8.44. The molecule has 2 nitrogen and oxygen atoms in total. The minimum atomic E-state index is -0.0485. The van der Waals surface area contributed by atoms with Gasteiger partial charge in [-0.25, -0.2) is 0 Å². The van der Waals surface area contributed by atoms with Gasteiger partial charge in [-0.15, -0.1) is 0 Å². The van der Waals surface area contributed by atoms with Gasteiger partial charge in [0.1, 0.15) is 0 Å². The zero-order valence-electron chi connectivity index (χ0n) is 13.4. The van der Waals surface area contributed by atoms with Crippen LogP contribution in [0.4, 0.5) is 0 Å². The zero-order valence-corrected chi connectivity index (χ0v) is 13.4. The van der Waals surface area contributed by atoms with Crippen molar-refractivity contribution in [3.63, 3.8) is 0 Å². The zero-order chi connectivity index (χ0) is 14.1. The van der Waals surface area contributed by atoms with Crippen LogP contribution in [0, 0.1) is 5.92 Å². The fourth-order valence-electron chi connectivity index (χ4n) is 2.84. The van der Waals surface area contributed by atoms with Crippen molar-refractivity contribution in [3.05, 3.63) is 0 Å². The van der Waals surface area contributed by atoms with Gasteiger partial charge in [-0.1, -0.05) is 58.3 Å². The Labute approximate surface area is 120 Å². The van der Waals surface area contributed by atoms with Crippen LogP contribution in [0.5, 0.6) is 0 Å². The van der Waals surface area contributed by atoms with Crippen LogP contribution >= 0.6 is 0 Å². The molecule has 1 rings (SSSR count). The molecule has 2 unspecified atom stereocenters. The molecule has 0 aromatic rings. The van der Waals surface area contributed by atoms with Gasteiger partial charge in [0.05, 0.1) is 12.7 Å². The molecule has 1 saturated heterocycles. The van der Waals surface area contributed by atoms with Gasteiger partial charge in [-0.2, -0.15) is 0 Å². The highest BCUT2D eigenvalue weighted by Crippen LogP contribution is 2.30. The second kappa shape index (κ2) is 8.97. The Morgan fingerprint density at radius 1 is 1.05 bits per heavy atom. The SMILES string of the molecule is CCCCCCCCCCC(CC1CO1)C(C)(C)N. The predicted molar refractivity (Wildman–Crippen MR) is 83.3 cm³/mol. The molecule has 1 fully saturated rings. The average molecular weight is 269 g/mol. The molecule has 0 radical (unpaired) electrons. The molecule has 114 valence electrons. The molecular weight excluding hydrogens is 234 g/mol. The smallest absolute Gasteiger partial charge is 0.0813 e. The van der Waals surface area contributed by atoms with Crippen molar-refractivity contribution in [1.82, 2.24) is 0 Å². The molecule has 0 amide bonds. The Morgan fingerprint density at radius 3 is 2.05 bits per heavy atom. The highest BCUT2D eigenvalue weighted by molar-refractivity contribution is 4.86. The summed E-state index contributed by atoms with van der Waals surface area (Å²) >= 11 is 0. The molecule has 1 aliphatic rings. The van der Waals surface area contributed by atoms with Crippen LogP contribution in [0.1, 0.15) is 85.0 Å². The molecule has 1 heterocycles. The number of ether oxygens (including phenoxy) is 1. The Hall–Kier alpha value is -0.0800. The number of rotatable bonds is 12. The van der Waals surface area contributed by atoms with Crippen LogP contribution in [0.25, 0.3) is 0 Å². The summed E-state index contributed by atoms with van der Waals surface area (Å²) < 4.78 is 5.36. The third kappa shape index (κ3) is 8.65. The summed E-state index contributed by atoms with van der Waals surface area (Å²) in [4.78, 5) is 0. The molecule has 1 aliphatic heterocycles. The van der Waals surface area contributed by atoms with Crippen molar-refractivity contribution in [3.8, 4) is 0 Å². The Balaban J connectivity index is 2.01. The Bertz CT molecular complexity index is 218. The van der Waals surface area contributed by atoms with Gasteiger partial charge in [-0.05, 0) is 32.6 Å². The maximum atomic E-state index is 6.30. The van der Waals surface area contributed by atoms with E-state index < -0.39 is 0 Å². The van der Waals surface area contributed by atoms with E-state index in [2.05, 4.69) is 20.8 Å². The first-order chi connectivity index (χ1) is 9.04. The quantitative estimate of drug-likeness (QED) is 0.413. The van der Waals surface area contributed by atoms with Crippen LogP contribution in [0.3, 0.4) is 0 Å². The maximum absolute atomic E-state index is 6.30. The van der Waals surface area contributed by atoms with Crippen molar-refractivity contribution in [2.75, 3.05) is 6.61 Å². The lowest BCUT2D eigenvalue weighted by atomic mass is 9.81. The molecule has 0 saturated carbocycles. The number of hydrogen-bond donors (Lipinski definition) is 1. The highest BCUT2D eigenvalue weighted by atomic mass is 16.6. The van der Waals surface area contributed by atoms with Crippen LogP contribution in [-0.2, 0) is 4.74 Å². The van der Waals surface area contributed by atoms with E-state index in [9.17, 15) is 0 Å². The average Bonchev–Trinajstić information content (AvgIpc) is 3.13. The lowest BCUT2D eigenvalue weighted by Gasteiger charge is -2.30. The lowest BCUT2D eigenvalue weighted by molar-refractivity contribution is 0.245. The molecule has 0 aliphatic carbocycles. The van der Waals surface area contributed by atoms with Gasteiger partial charge in [-0.3, -0.25) is 0 Å². The molecule has 0 aromatic heterocycles. The summed E-state index contributed by atoms with van der Waals surface area (Å²) in [5, 5.41) is 0. The predicted octanol–water partition coefficient (Wildman–Crippen LogP) is 4.66. The van der Waals surface area contributed by atoms with E-state index in [0.717, 1.165) is 6.61 Å². The van der Waals surface area contributed by atoms with Gasteiger partial charge in [0.25, 0.3) is 0 Å². The van der Waals surface area contributed by atoms with E-state index in [4.69, 9.17) is 10.5 Å². The van der Waals surface area contributed by atoms with E-state index in [0.29, 0.717) is 12.0 Å². The van der Waals surface area contributed by atoms with Crippen molar-refractivity contribution < 1.29 is 4.74 Å². The first kappa shape index (κ1) is 17.0. The summed E-state index contributed by atoms with van der Waals surface area (Å²) in [6.07, 6.45) is 14.1. The number of unbranched alkanes of at least 4 members (excludes halogenated alkanes) is 7. The second-order valence-electron chi connectivity index (χ2n) is 6.97. The van der Waals surface area contributed by atoms with Gasteiger partial charge in [0, 0.05) is 5.54 Å². The fraction of sp³-hybridized carbons (Fsp3) is 1.00. The molecule has 2 atom stereocenters. The molecule has 2 heteroatoms. The first-order valence-corrected chi connectivity index (χ1v) is 8.44. The van der Waals surface area contributed by atoms with Crippen molar-refractivity contribution >= 4 is 0 Å². The van der Waals surface area contributed by atoms with E-state index in [1.807, 2.05) is 0 Å². The van der Waals surface area contributed by atoms with E-state index in [-0.39, 0.29) is 5.54 Å². The van der Waals surface area contributed by atoms with Crippen molar-refractivity contribution in [2.24, 2.45) is 11.7 Å². The number of hydrogen-bond acceptors (Lipinski definition) is 2. The summed E-state index contributed by atoms with van der Waals surface area (Å²) in [5.74, 6) is 0.625. The molecule has 0 aromatic carbocycles. The standard InChI is InChI=1S/C17H35NO/c1-4-5-6-7-8-9-10-11-12-15(17(2,3)18)13-16-14-19-16/h15-16H,4-14,18H2,1-3H3. The lowest BCUT2D eigenvalue weighted by Crippen LogP contribution is -2.41. The molecular formula is C17H35NO. The minimum absolute atomic E-state index is 0.0485. The number of nitrogens with two attached hydrogens (primary N) is 1. The van der Waals surface area contributed by atoms with Crippen LogP contribution in [0.15, 0.2) is 0 Å². The van der Waals surface area contributed by atoms with Crippen LogP contribution in [0.2, 0.25) is 0 Å². The van der Waals surface area contributed by atoms with Gasteiger partial charge >= 0.3 is 0 Å². The summed E-state index contributed by atoms with van der Waals surface area (Å²) in [5.41, 5.74) is 6.25. The molecule has 0 bridgehead atoms. The third-order valence-electron chi connectivity index (χ3n) is 4.41. The van der Waals surface area contributed by atoms with E-state index >= 15 is 0 Å². The van der Waals surface area contributed by atoms with Gasteiger partial charge in [0.2, 0.25) is 0 Å². The Kier molecular flexibility index (Phi) is 8.01. The maximum Gasteiger partial charge on any atom is 0.0813 e. The second-order valence-corrected chi connectivity index (χ2v) is 6.97. The minimum Gasteiger partial charge on any atom is -0.373 e. The molecule has 0 spiro atoms. The Morgan fingerprint density at radius 2 is 1.58 bits per heavy atom.